The second-order valence-electron chi connectivity index (χ2n) is 7.49. The SMILES string of the molecule is CN1CCC(Oc2cnc(B3OC(C)(C)C(C)(C)O3)cn2)CC1. The fourth-order valence-corrected chi connectivity index (χ4v) is 2.75. The van der Waals surface area contributed by atoms with Crippen LogP contribution in [-0.4, -0.2) is 59.4 Å². The lowest BCUT2D eigenvalue weighted by atomic mass is 9.85. The van der Waals surface area contributed by atoms with Crippen LogP contribution >= 0.6 is 0 Å². The van der Waals surface area contributed by atoms with Crippen LogP contribution in [-0.2, 0) is 9.31 Å². The van der Waals surface area contributed by atoms with E-state index >= 15 is 0 Å². The number of ether oxygens (including phenoxy) is 1. The number of aromatic nitrogens is 2. The van der Waals surface area contributed by atoms with E-state index in [2.05, 4.69) is 21.9 Å². The minimum Gasteiger partial charge on any atom is -0.473 e. The largest absolute Gasteiger partial charge is 0.516 e. The lowest BCUT2D eigenvalue weighted by Gasteiger charge is -2.32. The molecule has 7 heteroatoms. The van der Waals surface area contributed by atoms with Crippen LogP contribution in [0.25, 0.3) is 0 Å². The lowest BCUT2D eigenvalue weighted by molar-refractivity contribution is 0.00578. The van der Waals surface area contributed by atoms with E-state index in [9.17, 15) is 0 Å². The molecule has 0 atom stereocenters. The van der Waals surface area contributed by atoms with Crippen LogP contribution in [0.15, 0.2) is 12.4 Å². The first-order chi connectivity index (χ1) is 10.8. The van der Waals surface area contributed by atoms with Gasteiger partial charge in [0.05, 0.1) is 23.0 Å². The van der Waals surface area contributed by atoms with Crippen molar-refractivity contribution in [1.82, 2.24) is 14.9 Å². The van der Waals surface area contributed by atoms with Gasteiger partial charge >= 0.3 is 7.12 Å². The van der Waals surface area contributed by atoms with Crippen LogP contribution in [0.1, 0.15) is 40.5 Å². The monoisotopic (exact) mass is 319 g/mol. The van der Waals surface area contributed by atoms with Crippen LogP contribution < -0.4 is 10.3 Å². The van der Waals surface area contributed by atoms with Gasteiger partial charge in [0.1, 0.15) is 6.10 Å². The Kier molecular flexibility index (Phi) is 4.38. The molecule has 2 fully saturated rings. The standard InChI is InChI=1S/C16H26BN3O3/c1-15(2)16(3,4)23-17(22-15)13-10-19-14(11-18-13)21-12-6-8-20(5)9-7-12/h10-12H,6-9H2,1-5H3. The molecule has 0 aliphatic carbocycles. The maximum atomic E-state index is 5.98. The highest BCUT2D eigenvalue weighted by molar-refractivity contribution is 6.61. The minimum absolute atomic E-state index is 0.225. The van der Waals surface area contributed by atoms with Crippen LogP contribution in [0, 0.1) is 0 Å². The van der Waals surface area contributed by atoms with E-state index in [-0.39, 0.29) is 17.3 Å². The first kappa shape index (κ1) is 16.7. The van der Waals surface area contributed by atoms with Crippen LogP contribution in [0.3, 0.4) is 0 Å². The van der Waals surface area contributed by atoms with Crippen LogP contribution in [0.2, 0.25) is 0 Å². The zero-order chi connectivity index (χ0) is 16.7. The highest BCUT2D eigenvalue weighted by Gasteiger charge is 2.52. The van der Waals surface area contributed by atoms with E-state index < -0.39 is 7.12 Å². The van der Waals surface area contributed by atoms with Gasteiger partial charge in [-0.1, -0.05) is 0 Å². The average Bonchev–Trinajstić information content (AvgIpc) is 2.71. The Bertz CT molecular complexity index is 526. The molecule has 2 saturated heterocycles. The number of hydrogen-bond donors (Lipinski definition) is 0. The number of rotatable bonds is 3. The Labute approximate surface area is 138 Å². The molecule has 3 heterocycles. The van der Waals surface area contributed by atoms with Crippen molar-refractivity contribution in [2.45, 2.75) is 57.8 Å². The van der Waals surface area contributed by atoms with Crippen molar-refractivity contribution in [2.75, 3.05) is 20.1 Å². The lowest BCUT2D eigenvalue weighted by Crippen LogP contribution is -2.41. The number of piperidine rings is 1. The van der Waals surface area contributed by atoms with Crippen LogP contribution in [0.4, 0.5) is 0 Å². The fraction of sp³-hybridized carbons (Fsp3) is 0.750. The predicted molar refractivity (Wildman–Crippen MR) is 88.9 cm³/mol. The molecule has 126 valence electrons. The average molecular weight is 319 g/mol. The number of hydrogen-bond acceptors (Lipinski definition) is 6. The van der Waals surface area contributed by atoms with Gasteiger partial charge in [0, 0.05) is 19.3 Å². The molecule has 0 radical (unpaired) electrons. The molecule has 0 bridgehead atoms. The summed E-state index contributed by atoms with van der Waals surface area (Å²) in [5.41, 5.74) is -0.0648. The summed E-state index contributed by atoms with van der Waals surface area (Å²) >= 11 is 0. The van der Waals surface area contributed by atoms with Gasteiger partial charge in [0.25, 0.3) is 0 Å². The van der Waals surface area contributed by atoms with Crippen molar-refractivity contribution in [3.63, 3.8) is 0 Å². The summed E-state index contributed by atoms with van der Waals surface area (Å²) in [5.74, 6) is 0.569. The summed E-state index contributed by atoms with van der Waals surface area (Å²) in [6, 6.07) is 0. The van der Waals surface area contributed by atoms with E-state index in [1.165, 1.54) is 0 Å². The smallest absolute Gasteiger partial charge is 0.473 e. The summed E-state index contributed by atoms with van der Waals surface area (Å²) in [4.78, 5) is 11.1. The molecule has 0 amide bonds. The highest BCUT2D eigenvalue weighted by Crippen LogP contribution is 2.36. The summed E-state index contributed by atoms with van der Waals surface area (Å²) in [7, 11) is 1.65. The number of nitrogens with zero attached hydrogens (tertiary/aromatic N) is 3. The molecule has 6 nitrogen and oxygen atoms in total. The van der Waals surface area contributed by atoms with Crippen molar-refractivity contribution in [2.24, 2.45) is 0 Å². The maximum Gasteiger partial charge on any atom is 0.516 e. The third-order valence-electron chi connectivity index (χ3n) is 5.10. The van der Waals surface area contributed by atoms with E-state index in [0.29, 0.717) is 11.5 Å². The quantitative estimate of drug-likeness (QED) is 0.782. The summed E-state index contributed by atoms with van der Waals surface area (Å²) < 4.78 is 17.9. The molecule has 23 heavy (non-hydrogen) atoms. The summed E-state index contributed by atoms with van der Waals surface area (Å²) in [6.45, 7) is 10.2. The number of likely N-dealkylation sites (tertiary alicyclic amines) is 1. The van der Waals surface area contributed by atoms with Crippen LogP contribution in [0.5, 0.6) is 5.88 Å². The van der Waals surface area contributed by atoms with E-state index in [4.69, 9.17) is 14.0 Å². The third kappa shape index (κ3) is 3.51. The Morgan fingerprint density at radius 3 is 2.22 bits per heavy atom. The minimum atomic E-state index is -0.482. The van der Waals surface area contributed by atoms with Gasteiger partial charge in [-0.3, -0.25) is 4.98 Å². The first-order valence-corrected chi connectivity index (χ1v) is 8.30. The molecule has 0 N–H and O–H groups in total. The van der Waals surface area contributed by atoms with Gasteiger partial charge in [0.15, 0.2) is 0 Å². The topological polar surface area (TPSA) is 56.7 Å². The van der Waals surface area contributed by atoms with Crippen molar-refractivity contribution in [3.05, 3.63) is 12.4 Å². The fourth-order valence-electron chi connectivity index (χ4n) is 2.75. The second kappa shape index (κ2) is 6.04. The molecule has 0 unspecified atom stereocenters. The molecule has 0 spiro atoms. The zero-order valence-electron chi connectivity index (χ0n) is 14.7. The Balaban J connectivity index is 1.62. The maximum absolute atomic E-state index is 5.98. The predicted octanol–water partition coefficient (Wildman–Crippen LogP) is 1.25. The van der Waals surface area contributed by atoms with Crippen molar-refractivity contribution < 1.29 is 14.0 Å². The Morgan fingerprint density at radius 1 is 1.09 bits per heavy atom. The zero-order valence-corrected chi connectivity index (χ0v) is 14.7. The van der Waals surface area contributed by atoms with Gasteiger partial charge in [0.2, 0.25) is 5.88 Å². The second-order valence-corrected chi connectivity index (χ2v) is 7.49. The first-order valence-electron chi connectivity index (χ1n) is 8.30. The molecule has 0 aromatic carbocycles. The van der Waals surface area contributed by atoms with Gasteiger partial charge in [-0.05, 0) is 47.6 Å². The summed E-state index contributed by atoms with van der Waals surface area (Å²) in [5, 5.41) is 0. The highest BCUT2D eigenvalue weighted by atomic mass is 16.7. The van der Waals surface area contributed by atoms with Gasteiger partial charge < -0.3 is 18.9 Å². The molecular formula is C16H26BN3O3. The molecule has 2 aliphatic heterocycles. The molecule has 1 aromatic heterocycles. The normalized spacial score (nSPS) is 24.8. The third-order valence-corrected chi connectivity index (χ3v) is 5.10. The molecule has 3 rings (SSSR count). The van der Waals surface area contributed by atoms with E-state index in [1.807, 2.05) is 27.7 Å². The van der Waals surface area contributed by atoms with Gasteiger partial charge in [-0.2, -0.15) is 0 Å². The van der Waals surface area contributed by atoms with E-state index in [1.54, 1.807) is 12.4 Å². The van der Waals surface area contributed by atoms with Crippen molar-refractivity contribution in [3.8, 4) is 5.88 Å². The summed E-state index contributed by atoms with van der Waals surface area (Å²) in [6.07, 6.45) is 5.63. The molecule has 0 saturated carbocycles. The van der Waals surface area contributed by atoms with Gasteiger partial charge in [-0.25, -0.2) is 4.98 Å². The van der Waals surface area contributed by atoms with Crippen molar-refractivity contribution >= 4 is 12.7 Å². The van der Waals surface area contributed by atoms with E-state index in [0.717, 1.165) is 25.9 Å². The molecule has 1 aromatic rings. The Hall–Kier alpha value is -1.18. The van der Waals surface area contributed by atoms with Crippen molar-refractivity contribution in [1.29, 1.82) is 0 Å². The molecular weight excluding hydrogens is 293 g/mol. The van der Waals surface area contributed by atoms with Gasteiger partial charge in [-0.15, -0.1) is 0 Å². The Morgan fingerprint density at radius 2 is 1.70 bits per heavy atom. The molecule has 2 aliphatic rings.